The minimum absolute atomic E-state index is 0.150. The van der Waals surface area contributed by atoms with Crippen molar-refractivity contribution in [2.75, 3.05) is 57.8 Å². The molecule has 1 aromatic heterocycles. The van der Waals surface area contributed by atoms with Gasteiger partial charge in [-0.05, 0) is 26.0 Å². The summed E-state index contributed by atoms with van der Waals surface area (Å²) in [7, 11) is 1.81. The van der Waals surface area contributed by atoms with Gasteiger partial charge in [-0.3, -0.25) is 14.6 Å². The third-order valence-corrected chi connectivity index (χ3v) is 5.34. The Labute approximate surface area is 171 Å². The first kappa shape index (κ1) is 21.3. The number of rotatable bonds is 7. The number of carbonyl (C=O) groups excluding carboxylic acids is 2. The van der Waals surface area contributed by atoms with E-state index in [4.69, 9.17) is 9.84 Å². The molecule has 0 aliphatic carbocycles. The van der Waals surface area contributed by atoms with Crippen molar-refractivity contribution in [3.05, 3.63) is 29.5 Å². The second-order valence-electron chi connectivity index (χ2n) is 7.41. The fraction of sp³-hybridized carbons (Fsp3) is 0.524. The maximum absolute atomic E-state index is 12.8. The van der Waals surface area contributed by atoms with Crippen LogP contribution in [0, 0.1) is 6.92 Å². The van der Waals surface area contributed by atoms with Gasteiger partial charge in [0.2, 0.25) is 5.91 Å². The van der Waals surface area contributed by atoms with Gasteiger partial charge in [0, 0.05) is 45.2 Å². The zero-order valence-electron chi connectivity index (χ0n) is 17.4. The second kappa shape index (κ2) is 9.39. The number of β-amino-alcohol motifs (C(OH)–C–C–N with tert-alkyl or cyclic N) is 1. The first-order chi connectivity index (χ1) is 13.9. The highest BCUT2D eigenvalue weighted by atomic mass is 16.5. The quantitative estimate of drug-likeness (QED) is 0.677. The van der Waals surface area contributed by atoms with Crippen LogP contribution in [-0.4, -0.2) is 83.8 Å². The highest BCUT2D eigenvalue weighted by Gasteiger charge is 2.25. The molecule has 1 fully saturated rings. The van der Waals surface area contributed by atoms with Crippen LogP contribution in [0.4, 0.5) is 5.69 Å². The summed E-state index contributed by atoms with van der Waals surface area (Å²) in [5.41, 5.74) is 2.78. The van der Waals surface area contributed by atoms with E-state index in [1.807, 2.05) is 25.1 Å². The predicted molar refractivity (Wildman–Crippen MR) is 112 cm³/mol. The smallest absolute Gasteiger partial charge is 0.357 e. The number of amides is 1. The summed E-state index contributed by atoms with van der Waals surface area (Å²) in [4.78, 5) is 29.6. The van der Waals surface area contributed by atoms with Gasteiger partial charge < -0.3 is 19.7 Å². The van der Waals surface area contributed by atoms with Crippen LogP contribution in [-0.2, 0) is 16.6 Å². The normalized spacial score (nSPS) is 15.6. The van der Waals surface area contributed by atoms with Gasteiger partial charge >= 0.3 is 5.97 Å². The van der Waals surface area contributed by atoms with Crippen molar-refractivity contribution < 1.29 is 19.4 Å². The molecule has 1 saturated heterocycles. The third kappa shape index (κ3) is 4.77. The van der Waals surface area contributed by atoms with Gasteiger partial charge in [0.05, 0.1) is 31.0 Å². The number of anilines is 1. The molecule has 3 rings (SSSR count). The van der Waals surface area contributed by atoms with Crippen molar-refractivity contribution in [2.24, 2.45) is 7.05 Å². The molecule has 2 heterocycles. The van der Waals surface area contributed by atoms with Crippen molar-refractivity contribution in [1.29, 1.82) is 0 Å². The fourth-order valence-corrected chi connectivity index (χ4v) is 3.82. The van der Waals surface area contributed by atoms with Crippen LogP contribution in [0.25, 0.3) is 10.9 Å². The van der Waals surface area contributed by atoms with Crippen molar-refractivity contribution in [3.63, 3.8) is 0 Å². The van der Waals surface area contributed by atoms with Crippen LogP contribution in [0.1, 0.15) is 23.0 Å². The first-order valence-corrected chi connectivity index (χ1v) is 10.1. The van der Waals surface area contributed by atoms with Gasteiger partial charge in [-0.15, -0.1) is 0 Å². The van der Waals surface area contributed by atoms with E-state index < -0.39 is 5.97 Å². The van der Waals surface area contributed by atoms with Gasteiger partial charge in [0.15, 0.2) is 5.69 Å². The number of aliphatic hydroxyl groups is 1. The largest absolute Gasteiger partial charge is 0.461 e. The molecular formula is C21H30N4O4. The summed E-state index contributed by atoms with van der Waals surface area (Å²) in [6.45, 7) is 8.29. The number of aliphatic hydroxyl groups excluding tert-OH is 1. The molecule has 0 saturated carbocycles. The number of esters is 1. The highest BCUT2D eigenvalue weighted by Crippen LogP contribution is 2.32. The van der Waals surface area contributed by atoms with E-state index in [1.54, 1.807) is 18.5 Å². The molecule has 158 valence electrons. The van der Waals surface area contributed by atoms with E-state index in [0.717, 1.165) is 42.6 Å². The van der Waals surface area contributed by atoms with Gasteiger partial charge in [-0.1, -0.05) is 11.6 Å². The van der Waals surface area contributed by atoms with E-state index in [2.05, 4.69) is 15.1 Å². The Morgan fingerprint density at radius 2 is 1.86 bits per heavy atom. The maximum atomic E-state index is 12.8. The van der Waals surface area contributed by atoms with Gasteiger partial charge in [-0.25, -0.2) is 4.79 Å². The Bertz CT molecular complexity index is 884. The van der Waals surface area contributed by atoms with E-state index in [1.165, 1.54) is 0 Å². The zero-order chi connectivity index (χ0) is 21.0. The first-order valence-electron chi connectivity index (χ1n) is 10.1. The molecule has 2 aromatic rings. The minimum Gasteiger partial charge on any atom is -0.461 e. The van der Waals surface area contributed by atoms with Crippen LogP contribution in [0.5, 0.6) is 0 Å². The summed E-state index contributed by atoms with van der Waals surface area (Å²) in [5.74, 6) is -0.600. The zero-order valence-corrected chi connectivity index (χ0v) is 17.4. The SMILES string of the molecule is CCOC(=O)c1c(NC(=O)CN2CCN(CCO)CC2)c2cc(C)ccc2n1C. The van der Waals surface area contributed by atoms with Crippen molar-refractivity contribution in [3.8, 4) is 0 Å². The average Bonchev–Trinajstić information content (AvgIpc) is 2.95. The summed E-state index contributed by atoms with van der Waals surface area (Å²) in [6, 6.07) is 5.90. The lowest BCUT2D eigenvalue weighted by Crippen LogP contribution is -2.49. The number of piperazine rings is 1. The standard InChI is InChI=1S/C21H30N4O4/c1-4-29-21(28)20-19(16-13-15(2)5-6-17(16)23(20)3)22-18(27)14-25-9-7-24(8-10-25)11-12-26/h5-6,13,26H,4,7-12,14H2,1-3H3,(H,22,27). The van der Waals surface area contributed by atoms with Gasteiger partial charge in [0.1, 0.15) is 0 Å². The number of hydrogen-bond donors (Lipinski definition) is 2. The Morgan fingerprint density at radius 1 is 1.17 bits per heavy atom. The van der Waals surface area contributed by atoms with E-state index >= 15 is 0 Å². The molecule has 0 spiro atoms. The molecule has 0 atom stereocenters. The topological polar surface area (TPSA) is 87.0 Å². The summed E-state index contributed by atoms with van der Waals surface area (Å²) < 4.78 is 7.00. The fourth-order valence-electron chi connectivity index (χ4n) is 3.82. The number of carbonyl (C=O) groups is 2. The van der Waals surface area contributed by atoms with Gasteiger partial charge in [-0.2, -0.15) is 0 Å². The van der Waals surface area contributed by atoms with E-state index in [9.17, 15) is 9.59 Å². The number of hydrogen-bond acceptors (Lipinski definition) is 6. The van der Waals surface area contributed by atoms with Crippen LogP contribution in [0.3, 0.4) is 0 Å². The summed E-state index contributed by atoms with van der Waals surface area (Å²) in [5, 5.41) is 12.9. The Kier molecular flexibility index (Phi) is 6.89. The molecule has 2 N–H and O–H groups in total. The number of nitrogens with zero attached hydrogens (tertiary/aromatic N) is 3. The number of aryl methyl sites for hydroxylation is 2. The van der Waals surface area contributed by atoms with Gasteiger partial charge in [0.25, 0.3) is 0 Å². The third-order valence-electron chi connectivity index (χ3n) is 5.34. The monoisotopic (exact) mass is 402 g/mol. The molecule has 0 bridgehead atoms. The van der Waals surface area contributed by atoms with Crippen LogP contribution >= 0.6 is 0 Å². The lowest BCUT2D eigenvalue weighted by Gasteiger charge is -2.33. The van der Waals surface area contributed by atoms with E-state index in [-0.39, 0.29) is 25.7 Å². The molecule has 8 nitrogen and oxygen atoms in total. The molecule has 0 radical (unpaired) electrons. The molecule has 1 aliphatic rings. The van der Waals surface area contributed by atoms with Crippen LogP contribution in [0.15, 0.2) is 18.2 Å². The maximum Gasteiger partial charge on any atom is 0.357 e. The Morgan fingerprint density at radius 3 is 2.52 bits per heavy atom. The van der Waals surface area contributed by atoms with Crippen molar-refractivity contribution >= 4 is 28.5 Å². The molecular weight excluding hydrogens is 372 g/mol. The number of nitrogens with one attached hydrogen (secondary N) is 1. The molecule has 0 unspecified atom stereocenters. The van der Waals surface area contributed by atoms with Crippen LogP contribution in [0.2, 0.25) is 0 Å². The van der Waals surface area contributed by atoms with Crippen molar-refractivity contribution in [2.45, 2.75) is 13.8 Å². The lowest BCUT2D eigenvalue weighted by molar-refractivity contribution is -0.117. The van der Waals surface area contributed by atoms with Crippen molar-refractivity contribution in [1.82, 2.24) is 14.4 Å². The minimum atomic E-state index is -0.447. The average molecular weight is 402 g/mol. The van der Waals surface area contributed by atoms with E-state index in [0.29, 0.717) is 17.9 Å². The molecule has 1 aliphatic heterocycles. The number of ether oxygens (including phenoxy) is 1. The number of benzene rings is 1. The molecule has 8 heteroatoms. The molecule has 1 amide bonds. The summed E-state index contributed by atoms with van der Waals surface area (Å²) in [6.07, 6.45) is 0. The lowest BCUT2D eigenvalue weighted by atomic mass is 10.1. The predicted octanol–water partition coefficient (Wildman–Crippen LogP) is 1.21. The van der Waals surface area contributed by atoms with Crippen LogP contribution < -0.4 is 5.32 Å². The Hall–Kier alpha value is -2.42. The highest BCUT2D eigenvalue weighted by molar-refractivity contribution is 6.11. The molecule has 29 heavy (non-hydrogen) atoms. The number of aromatic nitrogens is 1. The second-order valence-corrected chi connectivity index (χ2v) is 7.41. The molecule has 1 aromatic carbocycles. The number of fused-ring (bicyclic) bond motifs is 1. The Balaban J connectivity index is 1.79. The summed E-state index contributed by atoms with van der Waals surface area (Å²) >= 11 is 0.